The van der Waals surface area contributed by atoms with Gasteiger partial charge in [-0.15, -0.1) is 0 Å². The maximum Gasteiger partial charge on any atom is 0.282 e. The van der Waals surface area contributed by atoms with Gasteiger partial charge in [0.15, 0.2) is 23.1 Å². The molecule has 1 aromatic carbocycles. The Kier molecular flexibility index (Phi) is 5.30. The number of ketones is 2. The molecule has 1 aromatic heterocycles. The molecule has 1 saturated carbocycles. The van der Waals surface area contributed by atoms with E-state index < -0.39 is 22.9 Å². The molecule has 8 nitrogen and oxygen atoms in total. The van der Waals surface area contributed by atoms with Gasteiger partial charge in [0.25, 0.3) is 5.56 Å². The molecule has 8 heteroatoms. The number of hydrogen-bond acceptors (Lipinski definition) is 7. The number of ether oxygens (including phenoxy) is 2. The molecule has 1 aliphatic carbocycles. The molecule has 0 atom stereocenters. The lowest BCUT2D eigenvalue weighted by Crippen LogP contribution is -2.27. The Bertz CT molecular complexity index is 1030. The molecule has 0 amide bonds. The van der Waals surface area contributed by atoms with Crippen LogP contribution in [-0.4, -0.2) is 40.7 Å². The minimum atomic E-state index is -0.658. The van der Waals surface area contributed by atoms with Crippen molar-refractivity contribution >= 4 is 17.3 Å². The summed E-state index contributed by atoms with van der Waals surface area (Å²) in [5, 5.41) is 14.8. The molecule has 28 heavy (non-hydrogen) atoms. The van der Waals surface area contributed by atoms with E-state index in [2.05, 4.69) is 5.10 Å². The van der Waals surface area contributed by atoms with E-state index in [1.807, 2.05) is 0 Å². The third kappa shape index (κ3) is 3.40. The van der Waals surface area contributed by atoms with E-state index in [-0.39, 0.29) is 24.0 Å². The van der Waals surface area contributed by atoms with Crippen LogP contribution in [0.5, 0.6) is 11.5 Å². The SMILES string of the molecule is COc1ccc(-n2nc(C)cc(C(O)=C3C(=O)CCCC3=O)c2=O)cc1OC. The molecule has 2 aromatic rings. The second-order valence-electron chi connectivity index (χ2n) is 6.38. The summed E-state index contributed by atoms with van der Waals surface area (Å²) in [6.07, 6.45) is 0.776. The molecular formula is C20H20N2O6. The molecule has 0 saturated heterocycles. The monoisotopic (exact) mass is 384 g/mol. The van der Waals surface area contributed by atoms with Gasteiger partial charge in [0.1, 0.15) is 11.3 Å². The number of carbonyl (C=O) groups excluding carboxylic acids is 2. The van der Waals surface area contributed by atoms with E-state index in [1.54, 1.807) is 25.1 Å². The predicted octanol–water partition coefficient (Wildman–Crippen LogP) is 2.15. The minimum absolute atomic E-state index is 0.152. The molecule has 0 bridgehead atoms. The third-order valence-electron chi connectivity index (χ3n) is 4.50. The van der Waals surface area contributed by atoms with Crippen molar-refractivity contribution in [3.63, 3.8) is 0 Å². The van der Waals surface area contributed by atoms with E-state index in [1.165, 1.54) is 20.3 Å². The molecule has 1 N–H and O–H groups in total. The van der Waals surface area contributed by atoms with Crippen LogP contribution in [0.1, 0.15) is 30.5 Å². The number of methoxy groups -OCH3 is 2. The molecule has 0 spiro atoms. The van der Waals surface area contributed by atoms with Crippen molar-refractivity contribution in [2.75, 3.05) is 14.2 Å². The van der Waals surface area contributed by atoms with Crippen LogP contribution in [0.2, 0.25) is 0 Å². The van der Waals surface area contributed by atoms with Crippen molar-refractivity contribution < 1.29 is 24.2 Å². The summed E-state index contributed by atoms with van der Waals surface area (Å²) in [5.74, 6) is -0.632. The van der Waals surface area contributed by atoms with Gasteiger partial charge in [-0.1, -0.05) is 0 Å². The molecule has 0 unspecified atom stereocenters. The van der Waals surface area contributed by atoms with E-state index in [9.17, 15) is 19.5 Å². The van der Waals surface area contributed by atoms with Crippen molar-refractivity contribution in [3.05, 3.63) is 51.4 Å². The maximum absolute atomic E-state index is 13.0. The Morgan fingerprint density at radius 3 is 2.29 bits per heavy atom. The number of aromatic nitrogens is 2. The summed E-state index contributed by atoms with van der Waals surface area (Å²) in [5.41, 5.74) is -0.318. The highest BCUT2D eigenvalue weighted by Crippen LogP contribution is 2.29. The first-order valence-electron chi connectivity index (χ1n) is 8.70. The van der Waals surface area contributed by atoms with Gasteiger partial charge in [-0.2, -0.15) is 9.78 Å². The first-order valence-corrected chi connectivity index (χ1v) is 8.70. The van der Waals surface area contributed by atoms with Crippen LogP contribution in [0.15, 0.2) is 34.6 Å². The molecular weight excluding hydrogens is 364 g/mol. The molecule has 1 aliphatic rings. The van der Waals surface area contributed by atoms with Gasteiger partial charge in [0, 0.05) is 18.9 Å². The summed E-state index contributed by atoms with van der Waals surface area (Å²) in [4.78, 5) is 37.2. The number of benzene rings is 1. The Morgan fingerprint density at radius 1 is 1.04 bits per heavy atom. The topological polar surface area (TPSA) is 108 Å². The van der Waals surface area contributed by atoms with Crippen LogP contribution in [0.25, 0.3) is 11.4 Å². The number of carbonyl (C=O) groups is 2. The second kappa shape index (κ2) is 7.67. The highest BCUT2D eigenvalue weighted by Gasteiger charge is 2.29. The largest absolute Gasteiger partial charge is 0.506 e. The van der Waals surface area contributed by atoms with Crippen LogP contribution >= 0.6 is 0 Å². The lowest BCUT2D eigenvalue weighted by molar-refractivity contribution is -0.123. The summed E-state index contributed by atoms with van der Waals surface area (Å²) in [6.45, 7) is 1.64. The van der Waals surface area contributed by atoms with Crippen molar-refractivity contribution in [3.8, 4) is 17.2 Å². The quantitative estimate of drug-likeness (QED) is 0.489. The Morgan fingerprint density at radius 2 is 1.68 bits per heavy atom. The molecule has 3 rings (SSSR count). The lowest BCUT2D eigenvalue weighted by Gasteiger charge is -2.15. The number of hydrogen-bond donors (Lipinski definition) is 1. The number of aryl methyl sites for hydroxylation is 1. The Labute approximate surface area is 161 Å². The van der Waals surface area contributed by atoms with E-state index >= 15 is 0 Å². The second-order valence-corrected chi connectivity index (χ2v) is 6.38. The highest BCUT2D eigenvalue weighted by molar-refractivity contribution is 6.25. The van der Waals surface area contributed by atoms with Crippen molar-refractivity contribution in [2.45, 2.75) is 26.2 Å². The van der Waals surface area contributed by atoms with Crippen LogP contribution in [0, 0.1) is 6.92 Å². The number of aliphatic hydroxyl groups is 1. The number of Topliss-reactive ketones (excluding diaryl/α,β-unsaturated/α-hetero) is 2. The smallest absolute Gasteiger partial charge is 0.282 e. The van der Waals surface area contributed by atoms with Gasteiger partial charge in [-0.25, -0.2) is 0 Å². The normalized spacial score (nSPS) is 14.2. The van der Waals surface area contributed by atoms with Crippen LogP contribution < -0.4 is 15.0 Å². The average Bonchev–Trinajstić information content (AvgIpc) is 2.68. The molecule has 0 radical (unpaired) electrons. The van der Waals surface area contributed by atoms with E-state index in [0.29, 0.717) is 29.3 Å². The average molecular weight is 384 g/mol. The van der Waals surface area contributed by atoms with Gasteiger partial charge in [0.2, 0.25) is 0 Å². The zero-order chi connectivity index (χ0) is 20.4. The van der Waals surface area contributed by atoms with Crippen molar-refractivity contribution in [2.24, 2.45) is 0 Å². The maximum atomic E-state index is 13.0. The van der Waals surface area contributed by atoms with E-state index in [0.717, 1.165) is 4.68 Å². The predicted molar refractivity (Wildman–Crippen MR) is 101 cm³/mol. The van der Waals surface area contributed by atoms with Gasteiger partial charge >= 0.3 is 0 Å². The molecule has 1 heterocycles. The van der Waals surface area contributed by atoms with E-state index in [4.69, 9.17) is 9.47 Å². The van der Waals surface area contributed by atoms with Gasteiger partial charge in [-0.05, 0) is 31.5 Å². The van der Waals surface area contributed by atoms with Crippen LogP contribution in [0.4, 0.5) is 0 Å². The summed E-state index contributed by atoms with van der Waals surface area (Å²) >= 11 is 0. The third-order valence-corrected chi connectivity index (χ3v) is 4.50. The zero-order valence-electron chi connectivity index (χ0n) is 15.8. The molecule has 146 valence electrons. The molecule has 0 aliphatic heterocycles. The fourth-order valence-corrected chi connectivity index (χ4v) is 3.13. The fraction of sp³-hybridized carbons (Fsp3) is 0.300. The van der Waals surface area contributed by atoms with Gasteiger partial charge in [-0.3, -0.25) is 14.4 Å². The lowest BCUT2D eigenvalue weighted by atomic mass is 9.90. The van der Waals surface area contributed by atoms with Crippen LogP contribution in [-0.2, 0) is 9.59 Å². The Hall–Kier alpha value is -3.42. The van der Waals surface area contributed by atoms with Gasteiger partial charge in [0.05, 0.1) is 31.2 Å². The summed E-state index contributed by atoms with van der Waals surface area (Å²) in [6, 6.07) is 6.16. The molecule has 1 fully saturated rings. The first kappa shape index (κ1) is 19.3. The minimum Gasteiger partial charge on any atom is -0.506 e. The van der Waals surface area contributed by atoms with Crippen molar-refractivity contribution in [1.29, 1.82) is 0 Å². The number of rotatable bonds is 4. The highest BCUT2D eigenvalue weighted by atomic mass is 16.5. The number of allylic oxidation sites excluding steroid dienone is 1. The van der Waals surface area contributed by atoms with Crippen molar-refractivity contribution in [1.82, 2.24) is 9.78 Å². The fourth-order valence-electron chi connectivity index (χ4n) is 3.13. The zero-order valence-corrected chi connectivity index (χ0v) is 15.8. The summed E-state index contributed by atoms with van der Waals surface area (Å²) < 4.78 is 11.5. The number of aliphatic hydroxyl groups excluding tert-OH is 1. The first-order chi connectivity index (χ1) is 13.4. The number of nitrogens with zero attached hydrogens (tertiary/aromatic N) is 2. The summed E-state index contributed by atoms with van der Waals surface area (Å²) in [7, 11) is 2.96. The van der Waals surface area contributed by atoms with Gasteiger partial charge < -0.3 is 14.6 Å². The standard InChI is InChI=1S/C20H20N2O6/c1-11-9-13(19(25)18-14(23)5-4-6-15(18)24)20(26)22(21-11)12-7-8-16(27-2)17(10-12)28-3/h7-10,25H,4-6H2,1-3H3. The Balaban J connectivity index is 2.20. The van der Waals surface area contributed by atoms with Crippen LogP contribution in [0.3, 0.4) is 0 Å².